The van der Waals surface area contributed by atoms with E-state index in [1.165, 1.54) is 6.07 Å². The fourth-order valence-electron chi connectivity index (χ4n) is 1.76. The molecule has 0 atom stereocenters. The van der Waals surface area contributed by atoms with E-state index in [0.29, 0.717) is 18.2 Å². The molecule has 7 heteroatoms. The van der Waals surface area contributed by atoms with Gasteiger partial charge in [0.2, 0.25) is 0 Å². The first-order chi connectivity index (χ1) is 8.84. The summed E-state index contributed by atoms with van der Waals surface area (Å²) < 4.78 is 38.4. The van der Waals surface area contributed by atoms with Crippen molar-refractivity contribution in [2.45, 2.75) is 26.4 Å². The first-order valence-corrected chi connectivity index (χ1v) is 5.68. The molecule has 2 aromatic rings. The van der Waals surface area contributed by atoms with E-state index in [2.05, 4.69) is 10.1 Å². The topological polar surface area (TPSA) is 50.7 Å². The van der Waals surface area contributed by atoms with Gasteiger partial charge in [-0.05, 0) is 25.5 Å². The van der Waals surface area contributed by atoms with Gasteiger partial charge >= 0.3 is 6.18 Å². The number of rotatable bonds is 2. The number of alkyl halides is 3. The van der Waals surface area contributed by atoms with Crippen LogP contribution in [-0.2, 0) is 12.6 Å². The molecule has 0 aromatic carbocycles. The van der Waals surface area contributed by atoms with E-state index in [4.69, 9.17) is 0 Å². The van der Waals surface area contributed by atoms with Gasteiger partial charge in [-0.1, -0.05) is 6.92 Å². The number of aromatic nitrogens is 3. The Morgan fingerprint density at radius 1 is 1.37 bits per heavy atom. The van der Waals surface area contributed by atoms with Gasteiger partial charge in [-0.3, -0.25) is 9.89 Å². The Kier molecular flexibility index (Phi) is 3.21. The lowest BCUT2D eigenvalue weighted by atomic mass is 10.2. The monoisotopic (exact) mass is 271 g/mol. The van der Waals surface area contributed by atoms with Crippen LogP contribution in [0.3, 0.4) is 0 Å². The maximum atomic E-state index is 12.4. The second-order valence-electron chi connectivity index (χ2n) is 4.11. The van der Waals surface area contributed by atoms with Crippen molar-refractivity contribution in [3.63, 3.8) is 0 Å². The lowest BCUT2D eigenvalue weighted by Gasteiger charge is -2.06. The summed E-state index contributed by atoms with van der Waals surface area (Å²) in [5.74, 6) is 0.140. The average molecular weight is 271 g/mol. The van der Waals surface area contributed by atoms with Crippen LogP contribution in [0.4, 0.5) is 13.2 Å². The molecule has 0 aliphatic heterocycles. The van der Waals surface area contributed by atoms with Gasteiger partial charge < -0.3 is 0 Å². The van der Waals surface area contributed by atoms with Crippen molar-refractivity contribution in [3.8, 4) is 5.82 Å². The van der Waals surface area contributed by atoms with Crippen molar-refractivity contribution in [2.24, 2.45) is 0 Å². The minimum absolute atomic E-state index is 0.140. The summed E-state index contributed by atoms with van der Waals surface area (Å²) in [6.45, 7) is 3.54. The Bertz CT molecular complexity index is 638. The molecule has 0 aliphatic rings. The number of aryl methyl sites for hydroxylation is 1. The molecule has 0 unspecified atom stereocenters. The third kappa shape index (κ3) is 2.40. The number of nitrogens with one attached hydrogen (secondary N) is 1. The third-order valence-electron chi connectivity index (χ3n) is 2.88. The Morgan fingerprint density at radius 3 is 2.47 bits per heavy atom. The molecule has 2 heterocycles. The van der Waals surface area contributed by atoms with Crippen LogP contribution in [0.1, 0.15) is 23.7 Å². The van der Waals surface area contributed by atoms with Crippen molar-refractivity contribution in [1.82, 2.24) is 14.8 Å². The first-order valence-electron chi connectivity index (χ1n) is 5.68. The summed E-state index contributed by atoms with van der Waals surface area (Å²) >= 11 is 0. The summed E-state index contributed by atoms with van der Waals surface area (Å²) in [5.41, 5.74) is 0.142. The Balaban J connectivity index is 2.46. The van der Waals surface area contributed by atoms with E-state index in [1.54, 1.807) is 6.92 Å². The van der Waals surface area contributed by atoms with Crippen LogP contribution in [0.25, 0.3) is 5.82 Å². The van der Waals surface area contributed by atoms with Crippen LogP contribution < -0.4 is 5.56 Å². The molecule has 1 N–H and O–H groups in total. The van der Waals surface area contributed by atoms with Crippen molar-refractivity contribution >= 4 is 0 Å². The average Bonchev–Trinajstić information content (AvgIpc) is 2.65. The van der Waals surface area contributed by atoms with Crippen LogP contribution in [0.15, 0.2) is 23.1 Å². The molecule has 0 aliphatic carbocycles. The maximum absolute atomic E-state index is 12.4. The number of aromatic amines is 1. The fourth-order valence-corrected chi connectivity index (χ4v) is 1.76. The van der Waals surface area contributed by atoms with Gasteiger partial charge in [-0.25, -0.2) is 9.67 Å². The molecule has 2 rings (SSSR count). The predicted molar refractivity (Wildman–Crippen MR) is 63.3 cm³/mol. The van der Waals surface area contributed by atoms with E-state index in [-0.39, 0.29) is 11.4 Å². The van der Waals surface area contributed by atoms with Gasteiger partial charge in [0.15, 0.2) is 5.82 Å². The smallest absolute Gasteiger partial charge is 0.293 e. The van der Waals surface area contributed by atoms with E-state index in [1.807, 2.05) is 6.92 Å². The Morgan fingerprint density at radius 2 is 2.05 bits per heavy atom. The summed E-state index contributed by atoms with van der Waals surface area (Å²) in [4.78, 5) is 15.6. The molecule has 0 saturated carbocycles. The second kappa shape index (κ2) is 4.56. The van der Waals surface area contributed by atoms with Crippen molar-refractivity contribution in [3.05, 3.63) is 45.5 Å². The normalized spacial score (nSPS) is 11.8. The number of H-pyrrole nitrogens is 1. The number of halogens is 3. The van der Waals surface area contributed by atoms with Crippen molar-refractivity contribution in [2.75, 3.05) is 0 Å². The highest BCUT2D eigenvalue weighted by Gasteiger charge is 2.30. The van der Waals surface area contributed by atoms with Crippen LogP contribution in [0.5, 0.6) is 0 Å². The van der Waals surface area contributed by atoms with Gasteiger partial charge in [0, 0.05) is 17.5 Å². The minimum Gasteiger partial charge on any atom is -0.293 e. The summed E-state index contributed by atoms with van der Waals surface area (Å²) in [7, 11) is 0. The lowest BCUT2D eigenvalue weighted by molar-refractivity contribution is -0.137. The van der Waals surface area contributed by atoms with Crippen LogP contribution in [0.2, 0.25) is 0 Å². The summed E-state index contributed by atoms with van der Waals surface area (Å²) in [6, 6.07) is 2.07. The number of nitrogens with zero attached hydrogens (tertiary/aromatic N) is 2. The van der Waals surface area contributed by atoms with E-state index < -0.39 is 11.7 Å². The largest absolute Gasteiger partial charge is 0.417 e. The molecule has 0 saturated heterocycles. The molecule has 19 heavy (non-hydrogen) atoms. The van der Waals surface area contributed by atoms with Gasteiger partial charge in [0.25, 0.3) is 5.56 Å². The van der Waals surface area contributed by atoms with Crippen LogP contribution in [0, 0.1) is 6.92 Å². The van der Waals surface area contributed by atoms with Crippen LogP contribution >= 0.6 is 0 Å². The zero-order valence-corrected chi connectivity index (χ0v) is 10.4. The minimum atomic E-state index is -4.43. The van der Waals surface area contributed by atoms with Crippen molar-refractivity contribution in [1.29, 1.82) is 0 Å². The van der Waals surface area contributed by atoms with E-state index in [0.717, 1.165) is 16.4 Å². The standard InChI is InChI=1S/C12H12F3N3O/c1-3-9-7(2)11(19)18(17-9)10-5-4-8(6-16-10)12(13,14)15/h4-6,17H,3H2,1-2H3. The molecule has 0 bridgehead atoms. The molecule has 2 aromatic heterocycles. The Hall–Kier alpha value is -2.05. The number of hydrogen-bond acceptors (Lipinski definition) is 2. The van der Waals surface area contributed by atoms with Gasteiger partial charge in [-0.2, -0.15) is 13.2 Å². The molecular formula is C12H12F3N3O. The molecule has 0 spiro atoms. The zero-order valence-electron chi connectivity index (χ0n) is 10.4. The molecule has 102 valence electrons. The third-order valence-corrected chi connectivity index (χ3v) is 2.88. The fraction of sp³-hybridized carbons (Fsp3) is 0.333. The molecule has 0 radical (unpaired) electrons. The molecule has 0 amide bonds. The Labute approximate surface area is 106 Å². The number of hydrogen-bond donors (Lipinski definition) is 1. The van der Waals surface area contributed by atoms with Gasteiger partial charge in [0.1, 0.15) is 0 Å². The van der Waals surface area contributed by atoms with E-state index >= 15 is 0 Å². The number of pyridine rings is 1. The highest BCUT2D eigenvalue weighted by atomic mass is 19.4. The maximum Gasteiger partial charge on any atom is 0.417 e. The van der Waals surface area contributed by atoms with Gasteiger partial charge in [-0.15, -0.1) is 0 Å². The quantitative estimate of drug-likeness (QED) is 0.912. The molecule has 4 nitrogen and oxygen atoms in total. The van der Waals surface area contributed by atoms with Crippen LogP contribution in [-0.4, -0.2) is 14.8 Å². The highest BCUT2D eigenvalue weighted by molar-refractivity contribution is 5.28. The van der Waals surface area contributed by atoms with Gasteiger partial charge in [0.05, 0.1) is 5.56 Å². The molecular weight excluding hydrogens is 259 g/mol. The zero-order chi connectivity index (χ0) is 14.2. The van der Waals surface area contributed by atoms with E-state index in [9.17, 15) is 18.0 Å². The first kappa shape index (κ1) is 13.4. The SMILES string of the molecule is CCc1[nH]n(-c2ccc(C(F)(F)F)cn2)c(=O)c1C. The van der Waals surface area contributed by atoms with Crippen molar-refractivity contribution < 1.29 is 13.2 Å². The predicted octanol–water partition coefficient (Wildman–Crippen LogP) is 2.45. The summed E-state index contributed by atoms with van der Waals surface area (Å²) in [6.07, 6.45) is -3.09. The molecule has 0 fully saturated rings. The lowest BCUT2D eigenvalue weighted by Crippen LogP contribution is -2.17. The summed E-state index contributed by atoms with van der Waals surface area (Å²) in [5, 5.41) is 2.83. The highest BCUT2D eigenvalue weighted by Crippen LogP contribution is 2.28. The second-order valence-corrected chi connectivity index (χ2v) is 4.11.